The van der Waals surface area contributed by atoms with Gasteiger partial charge in [-0.05, 0) is 52.8 Å². The van der Waals surface area contributed by atoms with E-state index in [1.807, 2.05) is 13.8 Å². The first-order valence-corrected chi connectivity index (χ1v) is 9.32. The number of carbonyl (C=O) groups is 1. The molecule has 1 aromatic rings. The van der Waals surface area contributed by atoms with E-state index in [0.717, 1.165) is 12.1 Å². The minimum Gasteiger partial charge on any atom is -0.488 e. The van der Waals surface area contributed by atoms with E-state index >= 15 is 0 Å². The molecule has 1 aliphatic rings. The molecule has 0 bridgehead atoms. The van der Waals surface area contributed by atoms with E-state index in [2.05, 4.69) is 0 Å². The molecule has 0 spiro atoms. The minimum atomic E-state index is -4.44. The van der Waals surface area contributed by atoms with Crippen molar-refractivity contribution in [3.05, 3.63) is 29.8 Å². The van der Waals surface area contributed by atoms with Gasteiger partial charge in [-0.2, -0.15) is 13.2 Å². The maximum Gasteiger partial charge on any atom is 0.416 e. The number of piperidine rings is 1. The van der Waals surface area contributed by atoms with Crippen LogP contribution in [0.5, 0.6) is 5.75 Å². The van der Waals surface area contributed by atoms with Gasteiger partial charge in [0, 0.05) is 13.0 Å². The van der Waals surface area contributed by atoms with Gasteiger partial charge in [0.15, 0.2) is 0 Å². The minimum absolute atomic E-state index is 0.128. The summed E-state index contributed by atoms with van der Waals surface area (Å²) in [4.78, 5) is 13.9. The highest BCUT2D eigenvalue weighted by molar-refractivity contribution is 5.68. The molecule has 28 heavy (non-hydrogen) atoms. The Hall–Kier alpha value is -1.96. The third kappa shape index (κ3) is 6.58. The van der Waals surface area contributed by atoms with Crippen molar-refractivity contribution in [2.75, 3.05) is 13.1 Å². The van der Waals surface area contributed by atoms with Crippen LogP contribution in [0.15, 0.2) is 24.3 Å². The molecule has 5 nitrogen and oxygen atoms in total. The Morgan fingerprint density at radius 3 is 2.43 bits per heavy atom. The van der Waals surface area contributed by atoms with Crippen LogP contribution in [0.3, 0.4) is 0 Å². The Morgan fingerprint density at radius 1 is 1.18 bits per heavy atom. The van der Waals surface area contributed by atoms with E-state index < -0.39 is 35.6 Å². The van der Waals surface area contributed by atoms with Crippen LogP contribution in [0.25, 0.3) is 0 Å². The summed E-state index contributed by atoms with van der Waals surface area (Å²) < 4.78 is 55.9. The van der Waals surface area contributed by atoms with Crippen molar-refractivity contribution >= 4 is 6.09 Å². The number of nitrogens with zero attached hydrogens (tertiary/aromatic N) is 1. The third-order valence-corrected chi connectivity index (χ3v) is 4.05. The van der Waals surface area contributed by atoms with Crippen LogP contribution in [0.2, 0.25) is 0 Å². The maximum absolute atomic E-state index is 12.9. The van der Waals surface area contributed by atoms with Crippen molar-refractivity contribution < 1.29 is 32.2 Å². The molecule has 0 aliphatic carbocycles. The Balaban J connectivity index is 2.11. The van der Waals surface area contributed by atoms with E-state index in [9.17, 15) is 18.0 Å². The van der Waals surface area contributed by atoms with E-state index in [1.165, 1.54) is 12.1 Å². The number of benzene rings is 1. The molecule has 0 saturated carbocycles. The smallest absolute Gasteiger partial charge is 0.416 e. The lowest BCUT2D eigenvalue weighted by Crippen LogP contribution is -2.53. The highest BCUT2D eigenvalue weighted by Gasteiger charge is 2.36. The second kappa shape index (κ2) is 8.59. The number of hydrogen-bond donors (Lipinski definition) is 0. The number of carbonyl (C=O) groups excluding carboxylic acids is 1. The lowest BCUT2D eigenvalue weighted by atomic mass is 10.0. The summed E-state index contributed by atoms with van der Waals surface area (Å²) in [6, 6.07) is 4.78. The number of amides is 1. The zero-order chi connectivity index (χ0) is 21.1. The normalized spacial score (nSPS) is 21.0. The molecular weight excluding hydrogens is 375 g/mol. The number of hydrogen-bond acceptors (Lipinski definition) is 4. The van der Waals surface area contributed by atoms with Gasteiger partial charge in [0.2, 0.25) is 0 Å². The maximum atomic E-state index is 12.9. The molecule has 0 aromatic heterocycles. The molecule has 2 atom stereocenters. The van der Waals surface area contributed by atoms with Crippen molar-refractivity contribution in [2.45, 2.75) is 71.1 Å². The van der Waals surface area contributed by atoms with Crippen LogP contribution in [0.1, 0.15) is 46.6 Å². The fraction of sp³-hybridized carbons (Fsp3) is 0.650. The molecule has 1 heterocycles. The van der Waals surface area contributed by atoms with Crippen LogP contribution in [-0.4, -0.2) is 48.0 Å². The number of ether oxygens (including phenoxy) is 3. The van der Waals surface area contributed by atoms with Crippen LogP contribution in [0.4, 0.5) is 18.0 Å². The first-order valence-electron chi connectivity index (χ1n) is 9.32. The fourth-order valence-electron chi connectivity index (χ4n) is 2.92. The van der Waals surface area contributed by atoms with E-state index in [1.54, 1.807) is 25.7 Å². The molecule has 158 valence electrons. The first kappa shape index (κ1) is 22.3. The van der Waals surface area contributed by atoms with Gasteiger partial charge in [-0.15, -0.1) is 0 Å². The summed E-state index contributed by atoms with van der Waals surface area (Å²) in [6.07, 6.45) is -5.53. The standard InChI is InChI=1S/C20H28F3NO4/c1-13(2)26-17-12-24(18(25)28-19(3,4)5)10-9-16(17)27-15-8-6-7-14(11-15)20(21,22)23/h6-8,11,13,16-17H,9-10,12H2,1-5H3/t16-,17-/m1/s1. The van der Waals surface area contributed by atoms with Gasteiger partial charge in [-0.1, -0.05) is 6.07 Å². The summed E-state index contributed by atoms with van der Waals surface area (Å²) >= 11 is 0. The average Bonchev–Trinajstić information content (AvgIpc) is 2.54. The number of rotatable bonds is 4. The van der Waals surface area contributed by atoms with Crippen LogP contribution in [0, 0.1) is 0 Å². The van der Waals surface area contributed by atoms with Gasteiger partial charge in [0.05, 0.1) is 18.2 Å². The Bertz CT molecular complexity index is 670. The van der Waals surface area contributed by atoms with E-state index in [0.29, 0.717) is 13.0 Å². The summed E-state index contributed by atoms with van der Waals surface area (Å²) in [5.41, 5.74) is -1.38. The second-order valence-corrected chi connectivity index (χ2v) is 8.12. The Morgan fingerprint density at radius 2 is 1.86 bits per heavy atom. The molecule has 1 saturated heterocycles. The molecule has 2 rings (SSSR count). The van der Waals surface area contributed by atoms with Gasteiger partial charge >= 0.3 is 12.3 Å². The van der Waals surface area contributed by atoms with Crippen LogP contribution >= 0.6 is 0 Å². The largest absolute Gasteiger partial charge is 0.488 e. The monoisotopic (exact) mass is 403 g/mol. The van der Waals surface area contributed by atoms with E-state index in [4.69, 9.17) is 14.2 Å². The molecule has 0 N–H and O–H groups in total. The Labute approximate surface area is 163 Å². The molecule has 1 amide bonds. The zero-order valence-electron chi connectivity index (χ0n) is 16.9. The van der Waals surface area contributed by atoms with Crippen LogP contribution < -0.4 is 4.74 Å². The first-order chi connectivity index (χ1) is 12.8. The molecular formula is C20H28F3NO4. The average molecular weight is 403 g/mol. The molecule has 8 heteroatoms. The number of alkyl halides is 3. The molecule has 1 aliphatic heterocycles. The molecule has 1 fully saturated rings. The quantitative estimate of drug-likeness (QED) is 0.718. The number of likely N-dealkylation sites (tertiary alicyclic amines) is 1. The topological polar surface area (TPSA) is 48.0 Å². The molecule has 0 radical (unpaired) electrons. The predicted octanol–water partition coefficient (Wildman–Crippen LogP) is 4.89. The van der Waals surface area contributed by atoms with Gasteiger partial charge in [0.1, 0.15) is 23.6 Å². The lowest BCUT2D eigenvalue weighted by Gasteiger charge is -2.39. The summed E-state index contributed by atoms with van der Waals surface area (Å²) in [7, 11) is 0. The number of halogens is 3. The van der Waals surface area contributed by atoms with Crippen molar-refractivity contribution in [2.24, 2.45) is 0 Å². The molecule has 1 aromatic carbocycles. The van der Waals surface area contributed by atoms with Gasteiger partial charge in [0.25, 0.3) is 0 Å². The van der Waals surface area contributed by atoms with Crippen LogP contribution in [-0.2, 0) is 15.7 Å². The van der Waals surface area contributed by atoms with E-state index in [-0.39, 0.29) is 18.4 Å². The molecule has 0 unspecified atom stereocenters. The summed E-state index contributed by atoms with van der Waals surface area (Å²) in [6.45, 7) is 9.69. The van der Waals surface area contributed by atoms with Crippen molar-refractivity contribution in [3.63, 3.8) is 0 Å². The summed E-state index contributed by atoms with van der Waals surface area (Å²) in [5, 5.41) is 0. The van der Waals surface area contributed by atoms with Gasteiger partial charge in [-0.25, -0.2) is 4.79 Å². The van der Waals surface area contributed by atoms with Crippen molar-refractivity contribution in [1.29, 1.82) is 0 Å². The Kier molecular flexibility index (Phi) is 6.85. The highest BCUT2D eigenvalue weighted by Crippen LogP contribution is 2.32. The SMILES string of the molecule is CC(C)O[C@@H]1CN(C(=O)OC(C)(C)C)CC[C@H]1Oc1cccc(C(F)(F)F)c1. The second-order valence-electron chi connectivity index (χ2n) is 8.12. The zero-order valence-corrected chi connectivity index (χ0v) is 16.9. The highest BCUT2D eigenvalue weighted by atomic mass is 19.4. The van der Waals surface area contributed by atoms with Crippen molar-refractivity contribution in [3.8, 4) is 5.75 Å². The van der Waals surface area contributed by atoms with Gasteiger partial charge in [-0.3, -0.25) is 0 Å². The fourth-order valence-corrected chi connectivity index (χ4v) is 2.92. The van der Waals surface area contributed by atoms with Crippen molar-refractivity contribution in [1.82, 2.24) is 4.90 Å². The predicted molar refractivity (Wildman–Crippen MR) is 98.3 cm³/mol. The third-order valence-electron chi connectivity index (χ3n) is 4.05. The summed E-state index contributed by atoms with van der Waals surface area (Å²) in [5.74, 6) is 0.128. The van der Waals surface area contributed by atoms with Gasteiger partial charge < -0.3 is 19.1 Å². The lowest BCUT2D eigenvalue weighted by molar-refractivity contribution is -0.137.